The zero-order chi connectivity index (χ0) is 8.27. The number of carbonyl (C=O) groups is 2. The Kier molecular flexibility index (Phi) is 2.30. The fraction of sp³-hybridized carbons (Fsp3) is 0.667. The van der Waals surface area contributed by atoms with Crippen LogP contribution in [0.5, 0.6) is 0 Å². The lowest BCUT2D eigenvalue weighted by atomic mass is 10.2. The third-order valence-electron chi connectivity index (χ3n) is 1.48. The van der Waals surface area contributed by atoms with Crippen LogP contribution in [0.2, 0.25) is 0 Å². The number of esters is 1. The fourth-order valence-corrected chi connectivity index (χ4v) is 0.911. The smallest absolute Gasteiger partial charge is 0.315 e. The average molecular weight is 158 g/mol. The van der Waals surface area contributed by atoms with Crippen LogP contribution in [0, 0.1) is 0 Å². The first-order chi connectivity index (χ1) is 5.22. The molecule has 0 aromatic rings. The van der Waals surface area contributed by atoms with Crippen LogP contribution in [0.1, 0.15) is 6.42 Å². The van der Waals surface area contributed by atoms with Crippen LogP contribution in [0.15, 0.2) is 0 Å². The van der Waals surface area contributed by atoms with Crippen molar-refractivity contribution in [2.24, 2.45) is 0 Å². The molecule has 5 nitrogen and oxygen atoms in total. The largest absolute Gasteiger partial charge is 0.469 e. The summed E-state index contributed by atoms with van der Waals surface area (Å²) in [5, 5.41) is 5.11. The summed E-state index contributed by atoms with van der Waals surface area (Å²) in [4.78, 5) is 21.2. The summed E-state index contributed by atoms with van der Waals surface area (Å²) < 4.78 is 4.43. The lowest BCUT2D eigenvalue weighted by Crippen LogP contribution is -2.29. The van der Waals surface area contributed by atoms with Crippen molar-refractivity contribution < 1.29 is 14.3 Å². The van der Waals surface area contributed by atoms with E-state index in [9.17, 15) is 9.59 Å². The number of urea groups is 1. The Morgan fingerprint density at radius 1 is 1.82 bits per heavy atom. The maximum atomic E-state index is 10.7. The van der Waals surface area contributed by atoms with Crippen molar-refractivity contribution in [3.8, 4) is 0 Å². The first-order valence-electron chi connectivity index (χ1n) is 3.33. The van der Waals surface area contributed by atoms with E-state index in [-0.39, 0.29) is 24.5 Å². The Hall–Kier alpha value is -1.26. The molecule has 0 bridgehead atoms. The molecule has 0 radical (unpaired) electrons. The van der Waals surface area contributed by atoms with Crippen LogP contribution in [0.25, 0.3) is 0 Å². The summed E-state index contributed by atoms with van der Waals surface area (Å²) in [6.07, 6.45) is 0.231. The Bertz CT molecular complexity index is 181. The van der Waals surface area contributed by atoms with Gasteiger partial charge >= 0.3 is 12.0 Å². The van der Waals surface area contributed by atoms with Gasteiger partial charge in [-0.05, 0) is 0 Å². The molecule has 1 unspecified atom stereocenters. The maximum absolute atomic E-state index is 10.7. The minimum absolute atomic E-state index is 0.116. The number of hydrogen-bond acceptors (Lipinski definition) is 3. The van der Waals surface area contributed by atoms with Gasteiger partial charge in [-0.3, -0.25) is 4.79 Å². The van der Waals surface area contributed by atoms with Crippen molar-refractivity contribution in [3.05, 3.63) is 0 Å². The number of hydrogen-bond donors (Lipinski definition) is 2. The van der Waals surface area contributed by atoms with Gasteiger partial charge in [-0.15, -0.1) is 0 Å². The first kappa shape index (κ1) is 7.84. The second-order valence-corrected chi connectivity index (χ2v) is 2.33. The molecule has 0 saturated carbocycles. The highest BCUT2D eigenvalue weighted by molar-refractivity contribution is 5.78. The fourth-order valence-electron chi connectivity index (χ4n) is 0.911. The monoisotopic (exact) mass is 158 g/mol. The predicted molar refractivity (Wildman–Crippen MR) is 37.0 cm³/mol. The van der Waals surface area contributed by atoms with E-state index in [0.29, 0.717) is 6.54 Å². The molecule has 1 fully saturated rings. The summed E-state index contributed by atoms with van der Waals surface area (Å²) in [5.74, 6) is -0.306. The topological polar surface area (TPSA) is 67.4 Å². The van der Waals surface area contributed by atoms with E-state index in [0.717, 1.165) is 0 Å². The van der Waals surface area contributed by atoms with Gasteiger partial charge < -0.3 is 15.4 Å². The highest BCUT2D eigenvalue weighted by Crippen LogP contribution is 1.97. The van der Waals surface area contributed by atoms with E-state index in [4.69, 9.17) is 0 Å². The van der Waals surface area contributed by atoms with Gasteiger partial charge in [0.05, 0.1) is 19.6 Å². The number of nitrogens with one attached hydrogen (secondary N) is 2. The molecule has 0 spiro atoms. The van der Waals surface area contributed by atoms with Crippen LogP contribution >= 0.6 is 0 Å². The van der Waals surface area contributed by atoms with Gasteiger partial charge in [0, 0.05) is 6.54 Å². The highest BCUT2D eigenvalue weighted by Gasteiger charge is 2.22. The van der Waals surface area contributed by atoms with Crippen LogP contribution in [-0.4, -0.2) is 31.7 Å². The highest BCUT2D eigenvalue weighted by atomic mass is 16.5. The van der Waals surface area contributed by atoms with Crippen molar-refractivity contribution in [1.29, 1.82) is 0 Å². The SMILES string of the molecule is COC(=O)CC1CNC(=O)N1. The van der Waals surface area contributed by atoms with Gasteiger partial charge in [0.1, 0.15) is 0 Å². The van der Waals surface area contributed by atoms with E-state index in [1.54, 1.807) is 0 Å². The van der Waals surface area contributed by atoms with Crippen molar-refractivity contribution in [2.75, 3.05) is 13.7 Å². The zero-order valence-corrected chi connectivity index (χ0v) is 6.22. The molecule has 1 aliphatic heterocycles. The molecule has 1 atom stereocenters. The van der Waals surface area contributed by atoms with Crippen molar-refractivity contribution in [1.82, 2.24) is 10.6 Å². The van der Waals surface area contributed by atoms with Gasteiger partial charge in [0.25, 0.3) is 0 Å². The summed E-state index contributed by atoms with van der Waals surface area (Å²) in [6, 6.07) is -0.339. The lowest BCUT2D eigenvalue weighted by Gasteiger charge is -2.04. The van der Waals surface area contributed by atoms with Crippen LogP contribution in [0.4, 0.5) is 4.79 Å². The molecule has 5 heteroatoms. The normalized spacial score (nSPS) is 22.3. The molecule has 1 rings (SSSR count). The molecule has 1 aliphatic rings. The van der Waals surface area contributed by atoms with Gasteiger partial charge in [-0.2, -0.15) is 0 Å². The quantitative estimate of drug-likeness (QED) is 0.518. The van der Waals surface area contributed by atoms with Gasteiger partial charge in [0.15, 0.2) is 0 Å². The number of methoxy groups -OCH3 is 1. The van der Waals surface area contributed by atoms with E-state index < -0.39 is 0 Å². The Morgan fingerprint density at radius 3 is 3.00 bits per heavy atom. The summed E-state index contributed by atoms with van der Waals surface area (Å²) in [6.45, 7) is 0.494. The molecular weight excluding hydrogens is 148 g/mol. The minimum atomic E-state index is -0.306. The second kappa shape index (κ2) is 3.23. The minimum Gasteiger partial charge on any atom is -0.469 e. The van der Waals surface area contributed by atoms with Crippen LogP contribution < -0.4 is 10.6 Å². The summed E-state index contributed by atoms with van der Waals surface area (Å²) >= 11 is 0. The van der Waals surface area contributed by atoms with Crippen molar-refractivity contribution in [2.45, 2.75) is 12.5 Å². The molecule has 11 heavy (non-hydrogen) atoms. The standard InChI is InChI=1S/C6H10N2O3/c1-11-5(9)2-4-3-7-6(10)8-4/h4H,2-3H2,1H3,(H2,7,8,10). The van der Waals surface area contributed by atoms with E-state index in [2.05, 4.69) is 15.4 Å². The van der Waals surface area contributed by atoms with E-state index in [1.807, 2.05) is 0 Å². The molecule has 62 valence electrons. The molecule has 1 saturated heterocycles. The molecule has 2 amide bonds. The number of ether oxygens (including phenoxy) is 1. The predicted octanol–water partition coefficient (Wildman–Crippen LogP) is -0.769. The van der Waals surface area contributed by atoms with Gasteiger partial charge in [-0.1, -0.05) is 0 Å². The Morgan fingerprint density at radius 2 is 2.55 bits per heavy atom. The van der Waals surface area contributed by atoms with Crippen molar-refractivity contribution >= 4 is 12.0 Å². The van der Waals surface area contributed by atoms with Crippen LogP contribution in [0.3, 0.4) is 0 Å². The van der Waals surface area contributed by atoms with E-state index in [1.165, 1.54) is 7.11 Å². The third kappa shape index (κ3) is 2.10. The Balaban J connectivity index is 2.28. The Labute approximate surface area is 64.1 Å². The second-order valence-electron chi connectivity index (χ2n) is 2.33. The van der Waals surface area contributed by atoms with Crippen LogP contribution in [-0.2, 0) is 9.53 Å². The molecule has 0 aromatic heterocycles. The molecular formula is C6H10N2O3. The van der Waals surface area contributed by atoms with Gasteiger partial charge in [0.2, 0.25) is 0 Å². The number of carbonyl (C=O) groups excluding carboxylic acids is 2. The lowest BCUT2D eigenvalue weighted by molar-refractivity contribution is -0.141. The first-order valence-corrected chi connectivity index (χ1v) is 3.33. The molecule has 2 N–H and O–H groups in total. The van der Waals surface area contributed by atoms with E-state index >= 15 is 0 Å². The molecule has 0 aromatic carbocycles. The molecule has 0 aliphatic carbocycles. The summed E-state index contributed by atoms with van der Waals surface area (Å²) in [5.41, 5.74) is 0. The molecule has 1 heterocycles. The number of amides is 2. The van der Waals surface area contributed by atoms with Gasteiger partial charge in [-0.25, -0.2) is 4.79 Å². The van der Waals surface area contributed by atoms with Crippen molar-refractivity contribution in [3.63, 3.8) is 0 Å². The maximum Gasteiger partial charge on any atom is 0.315 e. The zero-order valence-electron chi connectivity index (χ0n) is 6.22. The average Bonchev–Trinajstić information content (AvgIpc) is 2.35. The number of rotatable bonds is 2. The summed E-state index contributed by atoms with van der Waals surface area (Å²) in [7, 11) is 1.33. The third-order valence-corrected chi connectivity index (χ3v) is 1.48.